The second kappa shape index (κ2) is 5.50. The normalized spacial score (nSPS) is 10.0. The number of nitro groups is 1. The Bertz CT molecular complexity index is 358. The van der Waals surface area contributed by atoms with Gasteiger partial charge in [-0.2, -0.15) is 0 Å². The molecule has 0 bridgehead atoms. The molecule has 0 radical (unpaired) electrons. The van der Waals surface area contributed by atoms with E-state index in [0.29, 0.717) is 17.4 Å². The molecule has 6 nitrogen and oxygen atoms in total. The fourth-order valence-electron chi connectivity index (χ4n) is 1.05. The maximum absolute atomic E-state index is 10.8. The summed E-state index contributed by atoms with van der Waals surface area (Å²) in [5.41, 5.74) is -0.0431. The molecule has 0 spiro atoms. The number of nitrogens with zero attached hydrogens (tertiary/aromatic N) is 3. The molecule has 0 saturated carbocycles. The molecule has 15 heavy (non-hydrogen) atoms. The van der Waals surface area contributed by atoms with Crippen molar-refractivity contribution in [3.05, 3.63) is 16.4 Å². The van der Waals surface area contributed by atoms with Gasteiger partial charge >= 0.3 is 5.69 Å². The van der Waals surface area contributed by atoms with E-state index in [-0.39, 0.29) is 5.69 Å². The summed E-state index contributed by atoms with van der Waals surface area (Å²) in [6.07, 6.45) is 3.96. The summed E-state index contributed by atoms with van der Waals surface area (Å²) in [5, 5.41) is 14.1. The SMILES string of the molecule is CCCNc1ncnc(SC)c1[N+](=O)[O-]. The second-order valence-electron chi connectivity index (χ2n) is 2.76. The van der Waals surface area contributed by atoms with E-state index < -0.39 is 4.92 Å². The smallest absolute Gasteiger partial charge is 0.343 e. The fraction of sp³-hybridized carbons (Fsp3) is 0.500. The van der Waals surface area contributed by atoms with Gasteiger partial charge in [0.1, 0.15) is 6.33 Å². The van der Waals surface area contributed by atoms with Crippen molar-refractivity contribution in [2.24, 2.45) is 0 Å². The maximum atomic E-state index is 10.8. The minimum atomic E-state index is -0.455. The van der Waals surface area contributed by atoms with Gasteiger partial charge in [-0.1, -0.05) is 6.92 Å². The summed E-state index contributed by atoms with van der Waals surface area (Å²) in [6, 6.07) is 0. The molecule has 0 aromatic carbocycles. The average Bonchev–Trinajstić information content (AvgIpc) is 2.25. The third-order valence-electron chi connectivity index (χ3n) is 1.71. The Balaban J connectivity index is 3.07. The molecule has 0 aliphatic rings. The van der Waals surface area contributed by atoms with Crippen molar-refractivity contribution in [3.8, 4) is 0 Å². The number of rotatable bonds is 5. The van der Waals surface area contributed by atoms with Crippen molar-refractivity contribution in [2.45, 2.75) is 18.4 Å². The second-order valence-corrected chi connectivity index (χ2v) is 3.56. The number of hydrogen-bond acceptors (Lipinski definition) is 6. The number of thioether (sulfide) groups is 1. The molecule has 7 heteroatoms. The maximum Gasteiger partial charge on any atom is 0.343 e. The molecular formula is C8H12N4O2S. The molecule has 0 atom stereocenters. The summed E-state index contributed by atoms with van der Waals surface area (Å²) in [7, 11) is 0. The zero-order valence-corrected chi connectivity index (χ0v) is 9.37. The zero-order chi connectivity index (χ0) is 11.3. The lowest BCUT2D eigenvalue weighted by Crippen LogP contribution is -2.07. The number of anilines is 1. The van der Waals surface area contributed by atoms with Crippen LogP contribution in [-0.2, 0) is 0 Å². The van der Waals surface area contributed by atoms with E-state index in [2.05, 4.69) is 15.3 Å². The van der Waals surface area contributed by atoms with Crippen molar-refractivity contribution >= 4 is 23.3 Å². The van der Waals surface area contributed by atoms with Gasteiger partial charge in [-0.05, 0) is 12.7 Å². The fourth-order valence-corrected chi connectivity index (χ4v) is 1.57. The zero-order valence-electron chi connectivity index (χ0n) is 8.56. The predicted octanol–water partition coefficient (Wildman–Crippen LogP) is 1.93. The Kier molecular flexibility index (Phi) is 4.29. The molecule has 0 aliphatic carbocycles. The molecule has 0 amide bonds. The van der Waals surface area contributed by atoms with Gasteiger partial charge in [0.05, 0.1) is 4.92 Å². The van der Waals surface area contributed by atoms with Crippen LogP contribution in [0.25, 0.3) is 0 Å². The van der Waals surface area contributed by atoms with Gasteiger partial charge in [-0.15, -0.1) is 11.8 Å². The van der Waals surface area contributed by atoms with Crippen molar-refractivity contribution in [2.75, 3.05) is 18.1 Å². The number of aromatic nitrogens is 2. The Labute approximate surface area is 91.7 Å². The summed E-state index contributed by atoms with van der Waals surface area (Å²) in [5.74, 6) is 0.293. The molecule has 1 aromatic rings. The molecular weight excluding hydrogens is 216 g/mol. The standard InChI is InChI=1S/C8H12N4O2S/c1-3-4-9-7-6(12(13)14)8(15-2)11-5-10-7/h5H,3-4H2,1-2H3,(H,9,10,11). The summed E-state index contributed by atoms with van der Waals surface area (Å²) in [6.45, 7) is 2.64. The molecule has 0 aliphatic heterocycles. The van der Waals surface area contributed by atoms with Crippen LogP contribution in [-0.4, -0.2) is 27.7 Å². The Morgan fingerprint density at radius 2 is 2.33 bits per heavy atom. The topological polar surface area (TPSA) is 81.0 Å². The van der Waals surface area contributed by atoms with Crippen LogP contribution in [0.2, 0.25) is 0 Å². The molecule has 0 saturated heterocycles. The van der Waals surface area contributed by atoms with E-state index in [1.54, 1.807) is 6.26 Å². The third kappa shape index (κ3) is 2.79. The summed E-state index contributed by atoms with van der Waals surface area (Å²) in [4.78, 5) is 18.1. The molecule has 1 aromatic heterocycles. The van der Waals surface area contributed by atoms with Crippen LogP contribution in [0, 0.1) is 10.1 Å². The highest BCUT2D eigenvalue weighted by Crippen LogP contribution is 2.30. The monoisotopic (exact) mass is 228 g/mol. The largest absolute Gasteiger partial charge is 0.364 e. The summed E-state index contributed by atoms with van der Waals surface area (Å²) >= 11 is 1.24. The highest BCUT2D eigenvalue weighted by molar-refractivity contribution is 7.98. The molecule has 82 valence electrons. The number of hydrogen-bond donors (Lipinski definition) is 1. The van der Waals surface area contributed by atoms with Gasteiger partial charge in [-0.25, -0.2) is 9.97 Å². The Morgan fingerprint density at radius 3 is 2.87 bits per heavy atom. The molecule has 1 heterocycles. The van der Waals surface area contributed by atoms with Crippen LogP contribution in [0.5, 0.6) is 0 Å². The van der Waals surface area contributed by atoms with E-state index in [0.717, 1.165) is 6.42 Å². The highest BCUT2D eigenvalue weighted by atomic mass is 32.2. The average molecular weight is 228 g/mol. The van der Waals surface area contributed by atoms with Gasteiger partial charge in [0.2, 0.25) is 5.82 Å². The van der Waals surface area contributed by atoms with E-state index in [9.17, 15) is 10.1 Å². The van der Waals surface area contributed by atoms with Gasteiger partial charge in [0.15, 0.2) is 5.03 Å². The predicted molar refractivity (Wildman–Crippen MR) is 59.2 cm³/mol. The lowest BCUT2D eigenvalue weighted by Gasteiger charge is -2.05. The Morgan fingerprint density at radius 1 is 1.60 bits per heavy atom. The molecule has 1 N–H and O–H groups in total. The molecule has 1 rings (SSSR count). The first kappa shape index (κ1) is 11.7. The van der Waals surface area contributed by atoms with Crippen molar-refractivity contribution in [1.29, 1.82) is 0 Å². The van der Waals surface area contributed by atoms with Gasteiger partial charge in [0.25, 0.3) is 0 Å². The molecule has 0 unspecified atom stereocenters. The minimum Gasteiger partial charge on any atom is -0.364 e. The first-order valence-corrected chi connectivity index (χ1v) is 5.70. The van der Waals surface area contributed by atoms with Crippen LogP contribution in [0.1, 0.15) is 13.3 Å². The Hall–Kier alpha value is -1.37. The van der Waals surface area contributed by atoms with Crippen molar-refractivity contribution < 1.29 is 4.92 Å². The van der Waals surface area contributed by atoms with Crippen molar-refractivity contribution in [3.63, 3.8) is 0 Å². The highest BCUT2D eigenvalue weighted by Gasteiger charge is 2.21. The van der Waals surface area contributed by atoms with Crippen LogP contribution in [0.3, 0.4) is 0 Å². The van der Waals surface area contributed by atoms with Gasteiger partial charge in [-0.3, -0.25) is 10.1 Å². The van der Waals surface area contributed by atoms with Crippen LogP contribution in [0.4, 0.5) is 11.5 Å². The first-order chi connectivity index (χ1) is 7.20. The quantitative estimate of drug-likeness (QED) is 0.359. The first-order valence-electron chi connectivity index (χ1n) is 4.48. The van der Waals surface area contributed by atoms with Crippen LogP contribution < -0.4 is 5.32 Å². The lowest BCUT2D eigenvalue weighted by molar-refractivity contribution is -0.387. The van der Waals surface area contributed by atoms with E-state index in [4.69, 9.17) is 0 Å². The van der Waals surface area contributed by atoms with E-state index in [1.165, 1.54) is 18.1 Å². The minimum absolute atomic E-state index is 0.0431. The van der Waals surface area contributed by atoms with E-state index >= 15 is 0 Å². The van der Waals surface area contributed by atoms with E-state index in [1.807, 2.05) is 6.92 Å². The van der Waals surface area contributed by atoms with Gasteiger partial charge in [0, 0.05) is 6.54 Å². The van der Waals surface area contributed by atoms with Crippen molar-refractivity contribution in [1.82, 2.24) is 9.97 Å². The third-order valence-corrected chi connectivity index (χ3v) is 2.39. The van der Waals surface area contributed by atoms with Crippen LogP contribution >= 0.6 is 11.8 Å². The van der Waals surface area contributed by atoms with Crippen LogP contribution in [0.15, 0.2) is 11.4 Å². The molecule has 0 fully saturated rings. The van der Waals surface area contributed by atoms with Gasteiger partial charge < -0.3 is 5.32 Å². The number of nitrogens with one attached hydrogen (secondary N) is 1. The lowest BCUT2D eigenvalue weighted by atomic mass is 10.4. The summed E-state index contributed by atoms with van der Waals surface area (Å²) < 4.78 is 0.